The first-order valence-corrected chi connectivity index (χ1v) is 4.66. The summed E-state index contributed by atoms with van der Waals surface area (Å²) in [5.74, 6) is 1.93. The average Bonchev–Trinajstić information content (AvgIpc) is 2.09. The Bertz CT molecular complexity index is 136. The van der Waals surface area contributed by atoms with E-state index in [0.29, 0.717) is 5.92 Å². The highest BCUT2D eigenvalue weighted by atomic mass is 15.0. The van der Waals surface area contributed by atoms with Gasteiger partial charge in [0.2, 0.25) is 0 Å². The van der Waals surface area contributed by atoms with Gasteiger partial charge >= 0.3 is 0 Å². The fourth-order valence-corrected chi connectivity index (χ4v) is 1.50. The number of amidine groups is 1. The second kappa shape index (κ2) is 4.37. The summed E-state index contributed by atoms with van der Waals surface area (Å²) in [6, 6.07) is 0. The maximum Gasteiger partial charge on any atom is 0.0994 e. The highest BCUT2D eigenvalue weighted by Gasteiger charge is 2.12. The van der Waals surface area contributed by atoms with Crippen LogP contribution in [-0.2, 0) is 0 Å². The molecule has 2 nitrogen and oxygen atoms in total. The summed E-state index contributed by atoms with van der Waals surface area (Å²) >= 11 is 0. The number of hydrogen-bond donors (Lipinski definition) is 1. The molecule has 0 amide bonds. The first-order valence-electron chi connectivity index (χ1n) is 4.66. The third kappa shape index (κ3) is 2.21. The van der Waals surface area contributed by atoms with Crippen molar-refractivity contribution in [3.8, 4) is 0 Å². The molecule has 0 aromatic heterocycles. The fourth-order valence-electron chi connectivity index (χ4n) is 1.50. The molecule has 0 fully saturated rings. The van der Waals surface area contributed by atoms with E-state index in [-0.39, 0.29) is 0 Å². The highest BCUT2D eigenvalue weighted by molar-refractivity contribution is 5.84. The van der Waals surface area contributed by atoms with Crippen LogP contribution in [0.15, 0.2) is 4.99 Å². The Labute approximate surface area is 69.1 Å². The maximum atomic E-state index is 4.48. The molecule has 2 heteroatoms. The van der Waals surface area contributed by atoms with Crippen LogP contribution < -0.4 is 5.32 Å². The first kappa shape index (κ1) is 8.57. The molecule has 1 N–H and O–H groups in total. The van der Waals surface area contributed by atoms with E-state index in [1.807, 2.05) is 0 Å². The van der Waals surface area contributed by atoms with Gasteiger partial charge in [-0.3, -0.25) is 4.99 Å². The molecule has 64 valence electrons. The van der Waals surface area contributed by atoms with Gasteiger partial charge in [-0.1, -0.05) is 13.8 Å². The predicted molar refractivity (Wildman–Crippen MR) is 49.0 cm³/mol. The van der Waals surface area contributed by atoms with Gasteiger partial charge in [-0.25, -0.2) is 0 Å². The lowest BCUT2D eigenvalue weighted by Gasteiger charge is -2.20. The molecule has 0 bridgehead atoms. The average molecular weight is 154 g/mol. The van der Waals surface area contributed by atoms with Crippen LogP contribution in [0.2, 0.25) is 0 Å². The van der Waals surface area contributed by atoms with Crippen molar-refractivity contribution in [3.05, 3.63) is 0 Å². The minimum absolute atomic E-state index is 0.676. The number of rotatable bonds is 3. The standard InChI is InChI=1S/C9H18N2/c1-3-8(4-2)9-10-6-5-7-11-9/h8H,3-7H2,1-2H3,(H,10,11). The molecule has 0 aromatic rings. The third-order valence-corrected chi connectivity index (χ3v) is 2.30. The molecule has 1 heterocycles. The molecule has 1 aliphatic heterocycles. The lowest BCUT2D eigenvalue weighted by Crippen LogP contribution is -2.34. The molecule has 1 aliphatic rings. The van der Waals surface area contributed by atoms with E-state index >= 15 is 0 Å². The van der Waals surface area contributed by atoms with Crippen molar-refractivity contribution in [1.82, 2.24) is 5.32 Å². The third-order valence-electron chi connectivity index (χ3n) is 2.30. The number of aliphatic imine (C=N–C) groups is 1. The Balaban J connectivity index is 2.48. The van der Waals surface area contributed by atoms with Crippen LogP contribution in [0.4, 0.5) is 0 Å². The van der Waals surface area contributed by atoms with E-state index in [1.165, 1.54) is 25.1 Å². The second-order valence-electron chi connectivity index (χ2n) is 3.06. The molecule has 0 saturated heterocycles. The minimum Gasteiger partial charge on any atom is -0.374 e. The van der Waals surface area contributed by atoms with Gasteiger partial charge in [0, 0.05) is 19.0 Å². The van der Waals surface area contributed by atoms with E-state index in [4.69, 9.17) is 0 Å². The van der Waals surface area contributed by atoms with Crippen LogP contribution in [-0.4, -0.2) is 18.9 Å². The molecule has 0 spiro atoms. The predicted octanol–water partition coefficient (Wildman–Crippen LogP) is 1.81. The van der Waals surface area contributed by atoms with Gasteiger partial charge in [-0.15, -0.1) is 0 Å². The topological polar surface area (TPSA) is 24.4 Å². The summed E-state index contributed by atoms with van der Waals surface area (Å²) in [5, 5.41) is 3.37. The molecule has 0 saturated carbocycles. The molecule has 0 aromatic carbocycles. The Morgan fingerprint density at radius 2 is 2.18 bits per heavy atom. The van der Waals surface area contributed by atoms with E-state index < -0.39 is 0 Å². The molecular weight excluding hydrogens is 136 g/mol. The summed E-state index contributed by atoms with van der Waals surface area (Å²) in [5.41, 5.74) is 0. The second-order valence-corrected chi connectivity index (χ2v) is 3.06. The highest BCUT2D eigenvalue weighted by Crippen LogP contribution is 2.10. The van der Waals surface area contributed by atoms with Gasteiger partial charge in [-0.2, -0.15) is 0 Å². The molecular formula is C9H18N2. The van der Waals surface area contributed by atoms with Crippen molar-refractivity contribution in [2.45, 2.75) is 33.1 Å². The Morgan fingerprint density at radius 1 is 1.45 bits per heavy atom. The zero-order chi connectivity index (χ0) is 8.10. The van der Waals surface area contributed by atoms with Gasteiger partial charge in [0.15, 0.2) is 0 Å². The van der Waals surface area contributed by atoms with Crippen molar-refractivity contribution >= 4 is 5.84 Å². The minimum atomic E-state index is 0.676. The van der Waals surface area contributed by atoms with Gasteiger partial charge in [0.25, 0.3) is 0 Å². The quantitative estimate of drug-likeness (QED) is 0.658. The SMILES string of the molecule is CCC(CC)C1=NCCCN1. The van der Waals surface area contributed by atoms with Gasteiger partial charge in [0.05, 0.1) is 5.84 Å². The van der Waals surface area contributed by atoms with Crippen molar-refractivity contribution in [2.24, 2.45) is 10.9 Å². The van der Waals surface area contributed by atoms with Crippen LogP contribution >= 0.6 is 0 Å². The van der Waals surface area contributed by atoms with Gasteiger partial charge < -0.3 is 5.32 Å². The Morgan fingerprint density at radius 3 is 2.64 bits per heavy atom. The van der Waals surface area contributed by atoms with E-state index in [0.717, 1.165) is 13.1 Å². The van der Waals surface area contributed by atoms with Gasteiger partial charge in [-0.05, 0) is 19.3 Å². The van der Waals surface area contributed by atoms with Gasteiger partial charge in [0.1, 0.15) is 0 Å². The Kier molecular flexibility index (Phi) is 3.40. The summed E-state index contributed by atoms with van der Waals surface area (Å²) in [6.07, 6.45) is 3.62. The lowest BCUT2D eigenvalue weighted by molar-refractivity contribution is 0.593. The molecule has 0 unspecified atom stereocenters. The number of nitrogens with one attached hydrogen (secondary N) is 1. The zero-order valence-electron chi connectivity index (χ0n) is 7.56. The molecule has 0 atom stereocenters. The lowest BCUT2D eigenvalue weighted by atomic mass is 10.0. The number of nitrogens with zero attached hydrogens (tertiary/aromatic N) is 1. The summed E-state index contributed by atoms with van der Waals surface area (Å²) in [6.45, 7) is 6.61. The first-order chi connectivity index (χ1) is 5.38. The van der Waals surface area contributed by atoms with Crippen LogP contribution in [0.3, 0.4) is 0 Å². The summed E-state index contributed by atoms with van der Waals surface area (Å²) in [4.78, 5) is 4.48. The van der Waals surface area contributed by atoms with Crippen LogP contribution in [0.5, 0.6) is 0 Å². The largest absolute Gasteiger partial charge is 0.374 e. The Hall–Kier alpha value is -0.530. The van der Waals surface area contributed by atoms with E-state index in [1.54, 1.807) is 0 Å². The van der Waals surface area contributed by atoms with Crippen molar-refractivity contribution in [2.75, 3.05) is 13.1 Å². The maximum absolute atomic E-state index is 4.48. The number of hydrogen-bond acceptors (Lipinski definition) is 2. The van der Waals surface area contributed by atoms with E-state index in [2.05, 4.69) is 24.2 Å². The molecule has 0 aliphatic carbocycles. The van der Waals surface area contributed by atoms with Crippen molar-refractivity contribution in [1.29, 1.82) is 0 Å². The smallest absolute Gasteiger partial charge is 0.0994 e. The summed E-state index contributed by atoms with van der Waals surface area (Å²) in [7, 11) is 0. The molecule has 11 heavy (non-hydrogen) atoms. The monoisotopic (exact) mass is 154 g/mol. The summed E-state index contributed by atoms with van der Waals surface area (Å²) < 4.78 is 0. The fraction of sp³-hybridized carbons (Fsp3) is 0.889. The molecule has 1 rings (SSSR count). The van der Waals surface area contributed by atoms with E-state index in [9.17, 15) is 0 Å². The van der Waals surface area contributed by atoms with Crippen LogP contribution in [0.25, 0.3) is 0 Å². The van der Waals surface area contributed by atoms with Crippen molar-refractivity contribution < 1.29 is 0 Å². The zero-order valence-corrected chi connectivity index (χ0v) is 7.56. The normalized spacial score (nSPS) is 17.9. The van der Waals surface area contributed by atoms with Crippen LogP contribution in [0.1, 0.15) is 33.1 Å². The van der Waals surface area contributed by atoms with Crippen molar-refractivity contribution in [3.63, 3.8) is 0 Å². The molecule has 0 radical (unpaired) electrons. The van der Waals surface area contributed by atoms with Crippen LogP contribution in [0, 0.1) is 5.92 Å².